The molecule has 2 rings (SSSR count). The van der Waals surface area contributed by atoms with Crippen molar-refractivity contribution in [2.75, 3.05) is 13.2 Å². The van der Waals surface area contributed by atoms with Gasteiger partial charge in [-0.05, 0) is 0 Å². The van der Waals surface area contributed by atoms with Gasteiger partial charge in [-0.15, -0.1) is 0 Å². The number of aromatic amines is 1. The van der Waals surface area contributed by atoms with Gasteiger partial charge in [0.25, 0.3) is 5.56 Å². The molecule has 0 saturated heterocycles. The van der Waals surface area contributed by atoms with Gasteiger partial charge in [0, 0.05) is 37.3 Å². The second-order valence-electron chi connectivity index (χ2n) is 4.15. The summed E-state index contributed by atoms with van der Waals surface area (Å²) in [7, 11) is 0. The van der Waals surface area contributed by atoms with E-state index in [0.717, 1.165) is 10.6 Å². The van der Waals surface area contributed by atoms with E-state index in [0.29, 0.717) is 0 Å². The highest BCUT2D eigenvalue weighted by Crippen LogP contribution is 2.45. The molecule has 0 amide bonds. The average molecular weight is 244 g/mol. The summed E-state index contributed by atoms with van der Waals surface area (Å²) in [6.07, 6.45) is -0.199. The Hall–Kier alpha value is -1.47. The summed E-state index contributed by atoms with van der Waals surface area (Å²) in [4.78, 5) is 24.4. The molecule has 3 N–H and O–H groups in total. The Morgan fingerprint density at radius 2 is 1.94 bits per heavy atom. The number of nitrogens with one attached hydrogen (secondary N) is 1. The van der Waals surface area contributed by atoms with Crippen LogP contribution in [0.1, 0.15) is 6.04 Å². The number of halogens is 1. The number of aromatic nitrogens is 2. The summed E-state index contributed by atoms with van der Waals surface area (Å²) in [6, 6.07) is 0.288. The molecule has 0 spiro atoms. The maximum Gasteiger partial charge on any atom is 0.328 e. The van der Waals surface area contributed by atoms with Gasteiger partial charge in [0.05, 0.1) is 6.04 Å². The number of rotatable bonds is 3. The van der Waals surface area contributed by atoms with E-state index in [9.17, 15) is 14.0 Å². The molecule has 1 aliphatic carbocycles. The summed E-state index contributed by atoms with van der Waals surface area (Å²) >= 11 is 0. The number of alkyl halides is 1. The second-order valence-corrected chi connectivity index (χ2v) is 4.15. The molecule has 17 heavy (non-hydrogen) atoms. The third kappa shape index (κ3) is 1.81. The fraction of sp³-hybridized carbons (Fsp3) is 0.600. The number of aliphatic hydroxyl groups excluding tert-OH is 2. The van der Waals surface area contributed by atoms with E-state index in [2.05, 4.69) is 0 Å². The number of H-pyrrole nitrogens is 1. The summed E-state index contributed by atoms with van der Waals surface area (Å²) < 4.78 is 14.8. The Bertz CT molecular complexity index is 512. The zero-order valence-electron chi connectivity index (χ0n) is 8.91. The lowest BCUT2D eigenvalue weighted by atomic mass is 9.68. The fourth-order valence-corrected chi connectivity index (χ4v) is 2.33. The molecule has 7 heteroatoms. The molecule has 4 unspecified atom stereocenters. The Labute approximate surface area is 95.3 Å². The smallest absolute Gasteiger partial charge is 0.328 e. The molecule has 4 atom stereocenters. The normalized spacial score (nSPS) is 32.2. The maximum absolute atomic E-state index is 13.7. The van der Waals surface area contributed by atoms with Gasteiger partial charge >= 0.3 is 5.69 Å². The molecule has 0 bridgehead atoms. The van der Waals surface area contributed by atoms with E-state index in [1.54, 1.807) is 0 Å². The van der Waals surface area contributed by atoms with Crippen molar-refractivity contribution in [1.29, 1.82) is 0 Å². The first kappa shape index (κ1) is 12.0. The van der Waals surface area contributed by atoms with Crippen LogP contribution in [-0.2, 0) is 0 Å². The van der Waals surface area contributed by atoms with Crippen LogP contribution in [-0.4, -0.2) is 39.1 Å². The van der Waals surface area contributed by atoms with Gasteiger partial charge in [-0.3, -0.25) is 14.3 Å². The summed E-state index contributed by atoms with van der Waals surface area (Å²) in [5.41, 5.74) is -1.26. The largest absolute Gasteiger partial charge is 0.396 e. The van der Waals surface area contributed by atoms with E-state index >= 15 is 0 Å². The molecule has 1 aliphatic rings. The molecular formula is C10H13FN2O4. The Morgan fingerprint density at radius 1 is 1.29 bits per heavy atom. The molecule has 1 fully saturated rings. The highest BCUT2D eigenvalue weighted by atomic mass is 19.1. The van der Waals surface area contributed by atoms with Crippen LogP contribution in [0.2, 0.25) is 0 Å². The lowest BCUT2D eigenvalue weighted by Crippen LogP contribution is -2.55. The van der Waals surface area contributed by atoms with Crippen LogP contribution >= 0.6 is 0 Å². The number of hydrogen-bond donors (Lipinski definition) is 3. The maximum atomic E-state index is 13.7. The Balaban J connectivity index is 2.34. The molecule has 1 saturated carbocycles. The van der Waals surface area contributed by atoms with Gasteiger partial charge < -0.3 is 10.2 Å². The minimum absolute atomic E-state index is 0.318. The van der Waals surface area contributed by atoms with Crippen LogP contribution in [0.3, 0.4) is 0 Å². The van der Waals surface area contributed by atoms with Gasteiger partial charge in [0.1, 0.15) is 6.17 Å². The standard InChI is InChI=1S/C10H13FN2O4/c11-8-5(3-14)6(4-15)9(8)13-2-1-7(16)12-10(13)17/h1-2,5-6,8-9,14-15H,3-4H2,(H,12,16,17). The molecule has 1 aromatic rings. The molecule has 1 aromatic heterocycles. The third-order valence-corrected chi connectivity index (χ3v) is 3.32. The number of hydrogen-bond acceptors (Lipinski definition) is 4. The zero-order chi connectivity index (χ0) is 12.6. The van der Waals surface area contributed by atoms with Crippen LogP contribution in [0.25, 0.3) is 0 Å². The molecule has 0 aromatic carbocycles. The lowest BCUT2D eigenvalue weighted by molar-refractivity contribution is -0.0875. The number of aliphatic hydroxyl groups is 2. The topological polar surface area (TPSA) is 95.3 Å². The van der Waals surface area contributed by atoms with Crippen LogP contribution in [0, 0.1) is 11.8 Å². The quantitative estimate of drug-likeness (QED) is 0.612. The molecule has 0 aliphatic heterocycles. The van der Waals surface area contributed by atoms with E-state index < -0.39 is 35.3 Å². The highest BCUT2D eigenvalue weighted by Gasteiger charge is 2.51. The first-order valence-corrected chi connectivity index (χ1v) is 5.27. The predicted octanol–water partition coefficient (Wildman–Crippen LogP) is -1.35. The van der Waals surface area contributed by atoms with Gasteiger partial charge in [-0.2, -0.15) is 0 Å². The second kappa shape index (κ2) is 4.42. The van der Waals surface area contributed by atoms with E-state index in [1.807, 2.05) is 4.98 Å². The van der Waals surface area contributed by atoms with Crippen LogP contribution in [0.5, 0.6) is 0 Å². The SMILES string of the molecule is O=c1ccn(C2C(F)C(CO)C2CO)c(=O)[nH]1. The minimum Gasteiger partial charge on any atom is -0.396 e. The van der Waals surface area contributed by atoms with Gasteiger partial charge in [-0.25, -0.2) is 9.18 Å². The zero-order valence-corrected chi connectivity index (χ0v) is 8.91. The van der Waals surface area contributed by atoms with E-state index in [1.165, 1.54) is 6.20 Å². The molecule has 94 valence electrons. The first-order chi connectivity index (χ1) is 8.10. The van der Waals surface area contributed by atoms with E-state index in [-0.39, 0.29) is 13.2 Å². The van der Waals surface area contributed by atoms with Crippen LogP contribution in [0.15, 0.2) is 21.9 Å². The van der Waals surface area contributed by atoms with Gasteiger partial charge in [0.2, 0.25) is 0 Å². The minimum atomic E-state index is -1.40. The summed E-state index contributed by atoms with van der Waals surface area (Å²) in [6.45, 7) is -0.692. The van der Waals surface area contributed by atoms with E-state index in [4.69, 9.17) is 10.2 Å². The summed E-state index contributed by atoms with van der Waals surface area (Å²) in [5.74, 6) is -1.18. The van der Waals surface area contributed by atoms with Crippen molar-refractivity contribution in [1.82, 2.24) is 9.55 Å². The molecule has 6 nitrogen and oxygen atoms in total. The molecule has 1 heterocycles. The van der Waals surface area contributed by atoms with Crippen LogP contribution < -0.4 is 11.2 Å². The van der Waals surface area contributed by atoms with Crippen molar-refractivity contribution in [2.24, 2.45) is 11.8 Å². The molecule has 0 radical (unpaired) electrons. The average Bonchev–Trinajstić information content (AvgIpc) is 2.29. The lowest BCUT2D eigenvalue weighted by Gasteiger charge is -2.46. The molecular weight excluding hydrogens is 231 g/mol. The van der Waals surface area contributed by atoms with Crippen molar-refractivity contribution in [2.45, 2.75) is 12.2 Å². The fourth-order valence-electron chi connectivity index (χ4n) is 2.33. The Kier molecular flexibility index (Phi) is 3.12. The van der Waals surface area contributed by atoms with Crippen LogP contribution in [0.4, 0.5) is 4.39 Å². The van der Waals surface area contributed by atoms with Crippen molar-refractivity contribution in [3.05, 3.63) is 33.1 Å². The highest BCUT2D eigenvalue weighted by molar-refractivity contribution is 5.03. The monoisotopic (exact) mass is 244 g/mol. The Morgan fingerprint density at radius 3 is 2.47 bits per heavy atom. The van der Waals surface area contributed by atoms with Crippen molar-refractivity contribution in [3.63, 3.8) is 0 Å². The van der Waals surface area contributed by atoms with Crippen molar-refractivity contribution >= 4 is 0 Å². The third-order valence-electron chi connectivity index (χ3n) is 3.32. The predicted molar refractivity (Wildman–Crippen MR) is 56.4 cm³/mol. The first-order valence-electron chi connectivity index (χ1n) is 5.27. The van der Waals surface area contributed by atoms with Gasteiger partial charge in [-0.1, -0.05) is 0 Å². The van der Waals surface area contributed by atoms with Crippen molar-refractivity contribution in [3.8, 4) is 0 Å². The summed E-state index contributed by atoms with van der Waals surface area (Å²) in [5, 5.41) is 18.1. The van der Waals surface area contributed by atoms with Gasteiger partial charge in [0.15, 0.2) is 0 Å². The number of nitrogens with zero attached hydrogens (tertiary/aromatic N) is 1. The van der Waals surface area contributed by atoms with Crippen molar-refractivity contribution < 1.29 is 14.6 Å².